The van der Waals surface area contributed by atoms with E-state index in [1.807, 2.05) is 6.92 Å². The van der Waals surface area contributed by atoms with Gasteiger partial charge in [-0.1, -0.05) is 52.0 Å². The minimum Gasteiger partial charge on any atom is -0.494 e. The molecule has 35 heavy (non-hydrogen) atoms. The fourth-order valence-corrected chi connectivity index (χ4v) is 3.55. The first-order valence-corrected chi connectivity index (χ1v) is 12.3. The number of fused-ring (bicyclic) bond motifs is 1. The van der Waals surface area contributed by atoms with Crippen molar-refractivity contribution in [3.63, 3.8) is 0 Å². The number of hydrogen-bond donors (Lipinski definition) is 1. The van der Waals surface area contributed by atoms with Crippen LogP contribution < -0.4 is 15.5 Å². The number of carbonyl (C=O) groups excluding carboxylic acids is 2. The van der Waals surface area contributed by atoms with Crippen LogP contribution in [0, 0.1) is 0 Å². The second-order valence-corrected chi connectivity index (χ2v) is 8.39. The summed E-state index contributed by atoms with van der Waals surface area (Å²) in [7, 11) is 0. The highest BCUT2D eigenvalue weighted by atomic mass is 16.5. The molecule has 0 aliphatic carbocycles. The van der Waals surface area contributed by atoms with Gasteiger partial charge in [-0.3, -0.25) is 9.59 Å². The summed E-state index contributed by atoms with van der Waals surface area (Å²) in [5.74, 6) is -0.572. The molecule has 2 aromatic carbocycles. The molecule has 1 N–H and O–H groups in total. The van der Waals surface area contributed by atoms with E-state index in [1.165, 1.54) is 19.3 Å². The lowest BCUT2D eigenvalue weighted by atomic mass is 10.1. The number of unbranched alkanes of at least 4 members (excludes halogenated alkanes) is 5. The van der Waals surface area contributed by atoms with E-state index in [0.717, 1.165) is 25.3 Å². The summed E-state index contributed by atoms with van der Waals surface area (Å²) in [4.78, 5) is 37.7. The van der Waals surface area contributed by atoms with E-state index in [4.69, 9.17) is 13.9 Å². The lowest BCUT2D eigenvalue weighted by Gasteiger charge is -2.10. The van der Waals surface area contributed by atoms with E-state index in [2.05, 4.69) is 12.2 Å². The normalized spacial score (nSPS) is 10.8. The van der Waals surface area contributed by atoms with Crippen LogP contribution >= 0.6 is 0 Å². The minimum atomic E-state index is -0.709. The van der Waals surface area contributed by atoms with Crippen molar-refractivity contribution in [2.45, 2.75) is 58.8 Å². The molecular weight excluding hydrogens is 446 g/mol. The Hall–Kier alpha value is -3.61. The van der Waals surface area contributed by atoms with Crippen LogP contribution in [0.1, 0.15) is 79.7 Å². The van der Waals surface area contributed by atoms with Gasteiger partial charge in [0.05, 0.1) is 24.3 Å². The summed E-state index contributed by atoms with van der Waals surface area (Å²) in [6, 6.07) is 12.8. The SMILES string of the molecule is CCCCCCCOc1ccc(C(=O)Nc2cccc3c(=O)cc(C(=O)OCCCC)oc23)cc1. The number of rotatable bonds is 13. The van der Waals surface area contributed by atoms with Gasteiger partial charge in [0.1, 0.15) is 5.75 Å². The third-order valence-corrected chi connectivity index (χ3v) is 5.57. The highest BCUT2D eigenvalue weighted by Crippen LogP contribution is 2.24. The molecule has 0 aliphatic heterocycles. The van der Waals surface area contributed by atoms with Crippen LogP contribution in [-0.2, 0) is 4.74 Å². The van der Waals surface area contributed by atoms with Crippen LogP contribution in [0.3, 0.4) is 0 Å². The maximum atomic E-state index is 12.8. The maximum absolute atomic E-state index is 12.8. The van der Waals surface area contributed by atoms with Gasteiger partial charge in [-0.15, -0.1) is 0 Å². The van der Waals surface area contributed by atoms with Gasteiger partial charge in [0, 0.05) is 11.6 Å². The average Bonchev–Trinajstić information content (AvgIpc) is 2.87. The van der Waals surface area contributed by atoms with Crippen LogP contribution in [-0.4, -0.2) is 25.1 Å². The van der Waals surface area contributed by atoms with E-state index in [0.29, 0.717) is 30.0 Å². The topological polar surface area (TPSA) is 94.8 Å². The van der Waals surface area contributed by atoms with Crippen LogP contribution in [0.15, 0.2) is 57.7 Å². The molecule has 0 aliphatic rings. The number of benzene rings is 2. The lowest BCUT2D eigenvalue weighted by Crippen LogP contribution is -2.14. The first kappa shape index (κ1) is 26.0. The van der Waals surface area contributed by atoms with Crippen LogP contribution in [0.4, 0.5) is 5.69 Å². The highest BCUT2D eigenvalue weighted by Gasteiger charge is 2.17. The molecule has 7 heteroatoms. The van der Waals surface area contributed by atoms with Crippen molar-refractivity contribution >= 4 is 28.5 Å². The van der Waals surface area contributed by atoms with E-state index < -0.39 is 5.97 Å². The maximum Gasteiger partial charge on any atom is 0.374 e. The molecule has 0 spiro atoms. The van der Waals surface area contributed by atoms with E-state index in [1.54, 1.807) is 42.5 Å². The molecule has 3 rings (SSSR count). The Bertz CT molecular complexity index is 1180. The summed E-state index contributed by atoms with van der Waals surface area (Å²) in [6.45, 7) is 5.06. The van der Waals surface area contributed by atoms with Crippen LogP contribution in [0.2, 0.25) is 0 Å². The second-order valence-electron chi connectivity index (χ2n) is 8.39. The Morgan fingerprint density at radius 3 is 2.37 bits per heavy atom. The van der Waals surface area contributed by atoms with Gasteiger partial charge in [-0.05, 0) is 49.2 Å². The summed E-state index contributed by atoms with van der Waals surface area (Å²) < 4.78 is 16.6. The number of anilines is 1. The summed E-state index contributed by atoms with van der Waals surface area (Å²) in [6.07, 6.45) is 7.41. The number of amides is 1. The molecule has 0 atom stereocenters. The van der Waals surface area contributed by atoms with Gasteiger partial charge < -0.3 is 19.2 Å². The van der Waals surface area contributed by atoms with Gasteiger partial charge in [0.15, 0.2) is 11.0 Å². The average molecular weight is 480 g/mol. The summed E-state index contributed by atoms with van der Waals surface area (Å²) >= 11 is 0. The monoisotopic (exact) mass is 479 g/mol. The fraction of sp³-hybridized carbons (Fsp3) is 0.393. The number of ether oxygens (including phenoxy) is 2. The number of hydrogen-bond acceptors (Lipinski definition) is 6. The molecule has 0 saturated carbocycles. The Morgan fingerprint density at radius 1 is 0.886 bits per heavy atom. The second kappa shape index (κ2) is 13.3. The zero-order valence-electron chi connectivity index (χ0n) is 20.4. The third-order valence-electron chi connectivity index (χ3n) is 5.57. The Labute approximate surface area is 205 Å². The van der Waals surface area contributed by atoms with Crippen molar-refractivity contribution in [1.29, 1.82) is 0 Å². The summed E-state index contributed by atoms with van der Waals surface area (Å²) in [5, 5.41) is 3.03. The molecule has 1 aromatic heterocycles. The molecule has 3 aromatic rings. The minimum absolute atomic E-state index is 0.124. The lowest BCUT2D eigenvalue weighted by molar-refractivity contribution is 0.0464. The standard InChI is InChI=1S/C28H33NO6/c1-3-5-7-8-9-18-33-21-15-13-20(14-16-21)27(31)29-23-12-10-11-22-24(30)19-25(35-26(22)23)28(32)34-17-6-4-2/h10-16,19H,3-9,17-18H2,1-2H3,(H,29,31). The molecule has 0 unspecified atom stereocenters. The highest BCUT2D eigenvalue weighted by molar-refractivity contribution is 6.08. The molecule has 186 valence electrons. The largest absolute Gasteiger partial charge is 0.494 e. The van der Waals surface area contributed by atoms with Gasteiger partial charge in [0.25, 0.3) is 5.91 Å². The number of esters is 1. The van der Waals surface area contributed by atoms with Crippen molar-refractivity contribution in [2.75, 3.05) is 18.5 Å². The quantitative estimate of drug-likeness (QED) is 0.227. The third kappa shape index (κ3) is 7.44. The van der Waals surface area contributed by atoms with Crippen molar-refractivity contribution in [3.8, 4) is 5.75 Å². The van der Waals surface area contributed by atoms with Crippen molar-refractivity contribution in [2.24, 2.45) is 0 Å². The van der Waals surface area contributed by atoms with Crippen LogP contribution in [0.5, 0.6) is 5.75 Å². The smallest absolute Gasteiger partial charge is 0.374 e. The van der Waals surface area contributed by atoms with E-state index in [-0.39, 0.29) is 34.7 Å². The van der Waals surface area contributed by atoms with Crippen molar-refractivity contribution in [3.05, 3.63) is 70.1 Å². The molecule has 1 heterocycles. The predicted molar refractivity (Wildman–Crippen MR) is 136 cm³/mol. The first-order valence-electron chi connectivity index (χ1n) is 12.3. The zero-order chi connectivity index (χ0) is 25.0. The number of para-hydroxylation sites is 1. The molecule has 0 fully saturated rings. The number of carbonyl (C=O) groups is 2. The number of nitrogens with one attached hydrogen (secondary N) is 1. The zero-order valence-corrected chi connectivity index (χ0v) is 20.4. The Morgan fingerprint density at radius 2 is 1.63 bits per heavy atom. The fourth-order valence-electron chi connectivity index (χ4n) is 3.55. The molecule has 7 nitrogen and oxygen atoms in total. The predicted octanol–water partition coefficient (Wildman–Crippen LogP) is 6.35. The first-order chi connectivity index (χ1) is 17.0. The van der Waals surface area contributed by atoms with E-state index in [9.17, 15) is 14.4 Å². The summed E-state index contributed by atoms with van der Waals surface area (Å²) in [5.41, 5.74) is 0.454. The van der Waals surface area contributed by atoms with Gasteiger partial charge in [-0.2, -0.15) is 0 Å². The van der Waals surface area contributed by atoms with Gasteiger partial charge in [0.2, 0.25) is 5.76 Å². The molecule has 0 bridgehead atoms. The van der Waals surface area contributed by atoms with Crippen molar-refractivity contribution < 1.29 is 23.5 Å². The Balaban J connectivity index is 1.68. The molecule has 1 amide bonds. The van der Waals surface area contributed by atoms with Gasteiger partial charge in [-0.25, -0.2) is 4.79 Å². The Kier molecular flexibility index (Phi) is 9.90. The molecular formula is C28H33NO6. The van der Waals surface area contributed by atoms with Crippen molar-refractivity contribution in [1.82, 2.24) is 0 Å². The van der Waals surface area contributed by atoms with E-state index >= 15 is 0 Å². The molecule has 0 saturated heterocycles. The molecule has 0 radical (unpaired) electrons. The van der Waals surface area contributed by atoms with Crippen LogP contribution in [0.25, 0.3) is 11.0 Å². The van der Waals surface area contributed by atoms with Gasteiger partial charge >= 0.3 is 5.97 Å².